The number of amides is 2. The Bertz CT molecular complexity index is 628. The van der Waals surface area contributed by atoms with Gasteiger partial charge in [0.15, 0.2) is 0 Å². The van der Waals surface area contributed by atoms with Crippen molar-refractivity contribution in [1.82, 2.24) is 10.6 Å². The largest absolute Gasteiger partial charge is 0.458 e. The van der Waals surface area contributed by atoms with Crippen LogP contribution in [0.5, 0.6) is 0 Å². The van der Waals surface area contributed by atoms with E-state index in [0.29, 0.717) is 25.8 Å². The molecular formula is C20H31N3O5. The third kappa shape index (κ3) is 10.5. The molecule has 0 aliphatic carbocycles. The van der Waals surface area contributed by atoms with Crippen LogP contribution < -0.4 is 16.4 Å². The molecule has 8 heteroatoms. The van der Waals surface area contributed by atoms with Crippen LogP contribution in [-0.4, -0.2) is 42.7 Å². The summed E-state index contributed by atoms with van der Waals surface area (Å²) in [6.07, 6.45) is 1.12. The fourth-order valence-electron chi connectivity index (χ4n) is 2.31. The highest BCUT2D eigenvalue weighted by Gasteiger charge is 2.25. The predicted octanol–water partition coefficient (Wildman–Crippen LogP) is 1.87. The lowest BCUT2D eigenvalue weighted by molar-refractivity contribution is -0.158. The molecule has 0 spiro atoms. The van der Waals surface area contributed by atoms with Gasteiger partial charge in [-0.1, -0.05) is 30.3 Å². The van der Waals surface area contributed by atoms with Crippen LogP contribution in [0.3, 0.4) is 0 Å². The predicted molar refractivity (Wildman–Crippen MR) is 105 cm³/mol. The Morgan fingerprint density at radius 1 is 1.11 bits per heavy atom. The topological polar surface area (TPSA) is 120 Å². The van der Waals surface area contributed by atoms with E-state index in [1.54, 1.807) is 20.8 Å². The molecule has 1 atom stereocenters. The molecule has 1 unspecified atom stereocenters. The zero-order valence-electron chi connectivity index (χ0n) is 16.8. The quantitative estimate of drug-likeness (QED) is 0.412. The van der Waals surface area contributed by atoms with E-state index in [4.69, 9.17) is 15.2 Å². The molecule has 1 rings (SSSR count). The van der Waals surface area contributed by atoms with Crippen molar-refractivity contribution < 1.29 is 23.9 Å². The Kier molecular flexibility index (Phi) is 10.0. The maximum Gasteiger partial charge on any atom is 0.407 e. The molecule has 0 aliphatic rings. The Balaban J connectivity index is 2.31. The van der Waals surface area contributed by atoms with Gasteiger partial charge in [0, 0.05) is 6.54 Å². The third-order valence-corrected chi connectivity index (χ3v) is 3.61. The molecule has 0 aliphatic heterocycles. The molecule has 2 amide bonds. The summed E-state index contributed by atoms with van der Waals surface area (Å²) < 4.78 is 10.5. The van der Waals surface area contributed by atoms with Crippen molar-refractivity contribution in [3.8, 4) is 0 Å². The second-order valence-corrected chi connectivity index (χ2v) is 7.34. The smallest absolute Gasteiger partial charge is 0.407 e. The molecule has 1 aromatic rings. The van der Waals surface area contributed by atoms with Gasteiger partial charge in [0.2, 0.25) is 5.91 Å². The average Bonchev–Trinajstić information content (AvgIpc) is 2.64. The Hall–Kier alpha value is -2.61. The number of ether oxygens (including phenoxy) is 2. The molecule has 1 aromatic carbocycles. The molecule has 0 bridgehead atoms. The number of nitrogens with one attached hydrogen (secondary N) is 2. The molecule has 0 saturated carbocycles. The molecule has 4 N–H and O–H groups in total. The number of alkyl carbamates (subject to hydrolysis) is 1. The van der Waals surface area contributed by atoms with Gasteiger partial charge in [-0.3, -0.25) is 4.79 Å². The SMILES string of the molecule is CC(C)(C)OC(=O)C(CCCCNC(=O)OCc1ccccc1)NC(=O)CN. The number of hydrogen-bond acceptors (Lipinski definition) is 6. The number of esters is 1. The first-order valence-corrected chi connectivity index (χ1v) is 9.38. The number of nitrogens with two attached hydrogens (primary N) is 1. The molecule has 0 saturated heterocycles. The van der Waals surface area contributed by atoms with E-state index in [-0.39, 0.29) is 13.2 Å². The maximum absolute atomic E-state index is 12.2. The number of hydrogen-bond donors (Lipinski definition) is 3. The van der Waals surface area contributed by atoms with E-state index in [2.05, 4.69) is 10.6 Å². The van der Waals surface area contributed by atoms with Crippen molar-refractivity contribution in [3.63, 3.8) is 0 Å². The van der Waals surface area contributed by atoms with Crippen LogP contribution >= 0.6 is 0 Å². The van der Waals surface area contributed by atoms with Crippen LogP contribution in [0.4, 0.5) is 4.79 Å². The van der Waals surface area contributed by atoms with Gasteiger partial charge in [-0.2, -0.15) is 0 Å². The van der Waals surface area contributed by atoms with Crippen LogP contribution in [0.15, 0.2) is 30.3 Å². The van der Waals surface area contributed by atoms with E-state index in [1.165, 1.54) is 0 Å². The van der Waals surface area contributed by atoms with E-state index >= 15 is 0 Å². The summed E-state index contributed by atoms with van der Waals surface area (Å²) in [5.74, 6) is -0.914. The first-order chi connectivity index (χ1) is 13.2. The number of carbonyl (C=O) groups is 3. The first-order valence-electron chi connectivity index (χ1n) is 9.38. The minimum absolute atomic E-state index is 0.200. The summed E-state index contributed by atoms with van der Waals surface area (Å²) in [6, 6.07) is 8.63. The molecule has 156 valence electrons. The second-order valence-electron chi connectivity index (χ2n) is 7.34. The van der Waals surface area contributed by atoms with Gasteiger partial charge in [0.1, 0.15) is 18.2 Å². The summed E-state index contributed by atoms with van der Waals surface area (Å²) in [7, 11) is 0. The first kappa shape index (κ1) is 23.4. The second kappa shape index (κ2) is 12.0. The van der Waals surface area contributed by atoms with Gasteiger partial charge in [0.05, 0.1) is 6.54 Å². The molecule has 28 heavy (non-hydrogen) atoms. The number of benzene rings is 1. The number of rotatable bonds is 10. The lowest BCUT2D eigenvalue weighted by Crippen LogP contribution is -2.46. The molecule has 0 heterocycles. The highest BCUT2D eigenvalue weighted by molar-refractivity contribution is 5.85. The summed E-state index contributed by atoms with van der Waals surface area (Å²) in [5, 5.41) is 5.24. The lowest BCUT2D eigenvalue weighted by Gasteiger charge is -2.24. The van der Waals surface area contributed by atoms with Crippen LogP contribution in [0, 0.1) is 0 Å². The Morgan fingerprint density at radius 3 is 2.39 bits per heavy atom. The summed E-state index contributed by atoms with van der Waals surface area (Å²) >= 11 is 0. The summed E-state index contributed by atoms with van der Waals surface area (Å²) in [4.78, 5) is 35.5. The number of unbranched alkanes of at least 4 members (excludes halogenated alkanes) is 1. The minimum atomic E-state index is -0.764. The van der Waals surface area contributed by atoms with Gasteiger partial charge in [-0.05, 0) is 45.6 Å². The molecule has 0 radical (unpaired) electrons. The highest BCUT2D eigenvalue weighted by Crippen LogP contribution is 2.11. The Labute approximate surface area is 166 Å². The van der Waals surface area contributed by atoms with Crippen molar-refractivity contribution in [3.05, 3.63) is 35.9 Å². The van der Waals surface area contributed by atoms with Gasteiger partial charge >= 0.3 is 12.1 Å². The Morgan fingerprint density at radius 2 is 1.79 bits per heavy atom. The average molecular weight is 393 g/mol. The standard InChI is InChI=1S/C20H31N3O5/c1-20(2,3)28-18(25)16(23-17(24)13-21)11-7-8-12-22-19(26)27-14-15-9-5-4-6-10-15/h4-6,9-10,16H,7-8,11-14,21H2,1-3H3,(H,22,26)(H,23,24). The van der Waals surface area contributed by atoms with E-state index in [9.17, 15) is 14.4 Å². The fourth-order valence-corrected chi connectivity index (χ4v) is 2.31. The van der Waals surface area contributed by atoms with Crippen molar-refractivity contribution in [2.24, 2.45) is 5.73 Å². The van der Waals surface area contributed by atoms with Crippen molar-refractivity contribution in [1.29, 1.82) is 0 Å². The van der Waals surface area contributed by atoms with Gasteiger partial charge in [-0.25, -0.2) is 9.59 Å². The minimum Gasteiger partial charge on any atom is -0.458 e. The van der Waals surface area contributed by atoms with Gasteiger partial charge in [0.25, 0.3) is 0 Å². The lowest BCUT2D eigenvalue weighted by atomic mass is 10.1. The van der Waals surface area contributed by atoms with Crippen LogP contribution in [0.2, 0.25) is 0 Å². The molecule has 0 aromatic heterocycles. The maximum atomic E-state index is 12.2. The van der Waals surface area contributed by atoms with Crippen molar-refractivity contribution in [2.75, 3.05) is 13.1 Å². The van der Waals surface area contributed by atoms with Gasteiger partial charge < -0.3 is 25.8 Å². The monoisotopic (exact) mass is 393 g/mol. The third-order valence-electron chi connectivity index (χ3n) is 3.61. The summed E-state index contributed by atoms with van der Waals surface area (Å²) in [5.41, 5.74) is 5.57. The zero-order chi connectivity index (χ0) is 21.0. The number of carbonyl (C=O) groups excluding carboxylic acids is 3. The molecule has 0 fully saturated rings. The van der Waals surface area contributed by atoms with Gasteiger partial charge in [-0.15, -0.1) is 0 Å². The zero-order valence-corrected chi connectivity index (χ0v) is 16.8. The molecular weight excluding hydrogens is 362 g/mol. The van der Waals surface area contributed by atoms with E-state index in [1.807, 2.05) is 30.3 Å². The van der Waals surface area contributed by atoms with Crippen LogP contribution in [0.1, 0.15) is 45.6 Å². The van der Waals surface area contributed by atoms with E-state index in [0.717, 1.165) is 5.56 Å². The summed E-state index contributed by atoms with van der Waals surface area (Å²) in [6.45, 7) is 5.69. The van der Waals surface area contributed by atoms with Crippen LogP contribution in [0.25, 0.3) is 0 Å². The highest BCUT2D eigenvalue weighted by atomic mass is 16.6. The normalized spacial score (nSPS) is 12.0. The van der Waals surface area contributed by atoms with E-state index < -0.39 is 29.6 Å². The molecule has 8 nitrogen and oxygen atoms in total. The van der Waals surface area contributed by atoms with Crippen molar-refractivity contribution in [2.45, 2.75) is 58.3 Å². The van der Waals surface area contributed by atoms with Crippen LogP contribution in [-0.2, 0) is 25.7 Å². The fraction of sp³-hybridized carbons (Fsp3) is 0.550. The van der Waals surface area contributed by atoms with Crippen molar-refractivity contribution >= 4 is 18.0 Å².